The fraction of sp³-hybridized carbons (Fsp3) is 0.423. The molecule has 11 heteroatoms. The van der Waals surface area contributed by atoms with Crippen molar-refractivity contribution >= 4 is 23.4 Å². The van der Waals surface area contributed by atoms with Gasteiger partial charge in [-0.25, -0.2) is 0 Å². The largest absolute Gasteiger partial charge is 0.416 e. The van der Waals surface area contributed by atoms with E-state index in [4.69, 9.17) is 11.5 Å². The van der Waals surface area contributed by atoms with Crippen LogP contribution in [0.3, 0.4) is 0 Å². The van der Waals surface area contributed by atoms with Gasteiger partial charge in [0.2, 0.25) is 17.7 Å². The summed E-state index contributed by atoms with van der Waals surface area (Å²) < 4.78 is 39.2. The topological polar surface area (TPSA) is 131 Å². The highest BCUT2D eigenvalue weighted by Crippen LogP contribution is 2.30. The van der Waals surface area contributed by atoms with Crippen molar-refractivity contribution in [3.05, 3.63) is 65.7 Å². The molecule has 8 nitrogen and oxygen atoms in total. The molecular weight excluding hydrogens is 487 g/mol. The van der Waals surface area contributed by atoms with Crippen molar-refractivity contribution in [2.24, 2.45) is 11.5 Å². The van der Waals surface area contributed by atoms with Gasteiger partial charge in [-0.15, -0.1) is 0 Å². The second kappa shape index (κ2) is 12.7. The van der Waals surface area contributed by atoms with Gasteiger partial charge in [-0.3, -0.25) is 14.4 Å². The van der Waals surface area contributed by atoms with E-state index in [9.17, 15) is 27.6 Å². The predicted molar refractivity (Wildman–Crippen MR) is 133 cm³/mol. The first-order valence-electron chi connectivity index (χ1n) is 12.2. The zero-order valence-corrected chi connectivity index (χ0v) is 20.3. The molecule has 3 rings (SSSR count). The molecule has 1 aliphatic heterocycles. The van der Waals surface area contributed by atoms with E-state index < -0.39 is 35.6 Å². The summed E-state index contributed by atoms with van der Waals surface area (Å²) in [4.78, 5) is 40.2. The summed E-state index contributed by atoms with van der Waals surface area (Å²) >= 11 is 0. The predicted octanol–water partition coefficient (Wildman–Crippen LogP) is 2.43. The third kappa shape index (κ3) is 8.02. The average molecular weight is 520 g/mol. The smallest absolute Gasteiger partial charge is 0.343 e. The quantitative estimate of drug-likeness (QED) is 0.383. The fourth-order valence-corrected chi connectivity index (χ4v) is 4.31. The Balaban J connectivity index is 1.68. The van der Waals surface area contributed by atoms with E-state index >= 15 is 0 Å². The number of nitrogens with zero attached hydrogens (tertiary/aromatic N) is 1. The Bertz CT molecular complexity index is 1080. The molecule has 1 aliphatic rings. The van der Waals surface area contributed by atoms with Crippen LogP contribution in [0.25, 0.3) is 0 Å². The Morgan fingerprint density at radius 2 is 1.78 bits per heavy atom. The summed E-state index contributed by atoms with van der Waals surface area (Å²) in [5.41, 5.74) is 11.7. The highest BCUT2D eigenvalue weighted by Gasteiger charge is 2.32. The van der Waals surface area contributed by atoms with Gasteiger partial charge in [0.25, 0.3) is 0 Å². The van der Waals surface area contributed by atoms with Crippen LogP contribution in [0.4, 0.5) is 18.9 Å². The van der Waals surface area contributed by atoms with Crippen molar-refractivity contribution in [3.63, 3.8) is 0 Å². The van der Waals surface area contributed by atoms with Gasteiger partial charge in [0, 0.05) is 24.8 Å². The molecule has 2 aromatic carbocycles. The third-order valence-electron chi connectivity index (χ3n) is 6.36. The second-order valence-electron chi connectivity index (χ2n) is 9.08. The third-order valence-corrected chi connectivity index (χ3v) is 6.36. The molecule has 1 heterocycles. The molecule has 3 amide bonds. The number of alkyl halides is 3. The van der Waals surface area contributed by atoms with E-state index in [2.05, 4.69) is 10.6 Å². The zero-order valence-electron chi connectivity index (χ0n) is 20.3. The average Bonchev–Trinajstić information content (AvgIpc) is 3.36. The number of hydrogen-bond donors (Lipinski definition) is 4. The minimum atomic E-state index is -4.57. The lowest BCUT2D eigenvalue weighted by atomic mass is 10.0. The number of anilines is 1. The second-order valence-corrected chi connectivity index (χ2v) is 9.08. The van der Waals surface area contributed by atoms with Crippen molar-refractivity contribution in [3.8, 4) is 0 Å². The molecule has 2 aromatic rings. The molecule has 3 atom stereocenters. The number of amides is 3. The van der Waals surface area contributed by atoms with E-state index in [1.165, 1.54) is 12.1 Å². The molecule has 0 spiro atoms. The number of rotatable bonds is 10. The van der Waals surface area contributed by atoms with Gasteiger partial charge in [0.15, 0.2) is 0 Å². The maximum absolute atomic E-state index is 13.1. The molecule has 200 valence electrons. The van der Waals surface area contributed by atoms with Crippen molar-refractivity contribution in [1.29, 1.82) is 0 Å². The Morgan fingerprint density at radius 3 is 2.46 bits per heavy atom. The van der Waals surface area contributed by atoms with E-state index in [1.807, 2.05) is 30.3 Å². The fourth-order valence-electron chi connectivity index (χ4n) is 4.31. The van der Waals surface area contributed by atoms with E-state index in [-0.39, 0.29) is 30.5 Å². The van der Waals surface area contributed by atoms with Crippen LogP contribution in [0.5, 0.6) is 0 Å². The molecule has 1 saturated heterocycles. The molecule has 6 N–H and O–H groups in total. The Labute approximate surface area is 213 Å². The molecule has 1 fully saturated rings. The summed E-state index contributed by atoms with van der Waals surface area (Å²) in [6, 6.07) is 11.1. The van der Waals surface area contributed by atoms with Crippen LogP contribution in [0.15, 0.2) is 54.6 Å². The lowest BCUT2D eigenvalue weighted by Crippen LogP contribution is -2.52. The normalized spacial score (nSPS) is 17.2. The Hall–Kier alpha value is -3.44. The van der Waals surface area contributed by atoms with Gasteiger partial charge in [0.05, 0.1) is 18.0 Å². The molecule has 0 aromatic heterocycles. The summed E-state index contributed by atoms with van der Waals surface area (Å²) in [5, 5.41) is 5.03. The summed E-state index contributed by atoms with van der Waals surface area (Å²) in [7, 11) is 0. The lowest BCUT2D eigenvalue weighted by molar-refractivity contribution is -0.137. The van der Waals surface area contributed by atoms with Crippen LogP contribution in [0.2, 0.25) is 0 Å². The minimum absolute atomic E-state index is 0.0554. The van der Waals surface area contributed by atoms with Crippen LogP contribution in [-0.2, 0) is 27.0 Å². The van der Waals surface area contributed by atoms with Crippen LogP contribution in [0, 0.1) is 0 Å². The number of nitrogens with two attached hydrogens (primary N) is 2. The van der Waals surface area contributed by atoms with Crippen LogP contribution < -0.4 is 22.1 Å². The van der Waals surface area contributed by atoms with Gasteiger partial charge in [0.1, 0.15) is 6.04 Å². The number of nitrogens with one attached hydrogen (secondary N) is 2. The summed E-state index contributed by atoms with van der Waals surface area (Å²) in [5.74, 6) is -1.68. The standard InChI is InChI=1S/C26H32F3N5O3/c27-26(28,29)18-8-4-9-19(14-18)32-25(37)22(12-11-17-6-2-1-3-7-17)33-24(36)21(31)15-23(35)34-13-5-10-20(34)16-30/h1-4,6-9,14,20-22H,5,10-13,15-16,30-31H2,(H,32,37)(H,33,36). The lowest BCUT2D eigenvalue weighted by Gasteiger charge is -2.25. The zero-order chi connectivity index (χ0) is 27.0. The van der Waals surface area contributed by atoms with E-state index in [0.29, 0.717) is 19.5 Å². The highest BCUT2D eigenvalue weighted by atomic mass is 19.4. The number of carbonyl (C=O) groups excluding carboxylic acids is 3. The van der Waals surface area contributed by atoms with Gasteiger partial charge < -0.3 is 27.0 Å². The molecule has 0 aliphatic carbocycles. The molecule has 3 unspecified atom stereocenters. The molecule has 0 bridgehead atoms. The Kier molecular flexibility index (Phi) is 9.65. The van der Waals surface area contributed by atoms with Crippen LogP contribution in [-0.4, -0.2) is 53.8 Å². The maximum Gasteiger partial charge on any atom is 0.416 e. The van der Waals surface area contributed by atoms with Crippen LogP contribution in [0.1, 0.15) is 36.8 Å². The van der Waals surface area contributed by atoms with Crippen molar-refractivity contribution < 1.29 is 27.6 Å². The number of benzene rings is 2. The number of hydrogen-bond acceptors (Lipinski definition) is 5. The Morgan fingerprint density at radius 1 is 1.05 bits per heavy atom. The van der Waals surface area contributed by atoms with Gasteiger partial charge in [-0.05, 0) is 49.4 Å². The number of likely N-dealkylation sites (tertiary alicyclic amines) is 1. The number of aryl methyl sites for hydroxylation is 1. The van der Waals surface area contributed by atoms with Crippen LogP contribution >= 0.6 is 0 Å². The minimum Gasteiger partial charge on any atom is -0.343 e. The SMILES string of the molecule is NCC1CCCN1C(=O)CC(N)C(=O)NC(CCc1ccccc1)C(=O)Nc1cccc(C(F)(F)F)c1. The first kappa shape index (κ1) is 28.1. The first-order valence-corrected chi connectivity index (χ1v) is 12.2. The monoisotopic (exact) mass is 519 g/mol. The van der Waals surface area contributed by atoms with Crippen molar-refractivity contribution in [2.45, 2.75) is 56.4 Å². The van der Waals surface area contributed by atoms with E-state index in [1.54, 1.807) is 4.90 Å². The molecular formula is C26H32F3N5O3. The highest BCUT2D eigenvalue weighted by molar-refractivity contribution is 5.98. The van der Waals surface area contributed by atoms with Crippen molar-refractivity contribution in [1.82, 2.24) is 10.2 Å². The number of carbonyl (C=O) groups is 3. The summed E-state index contributed by atoms with van der Waals surface area (Å²) in [6.45, 7) is 0.874. The molecule has 0 radical (unpaired) electrons. The first-order chi connectivity index (χ1) is 17.6. The van der Waals surface area contributed by atoms with Gasteiger partial charge in [-0.2, -0.15) is 13.2 Å². The maximum atomic E-state index is 13.1. The van der Waals surface area contributed by atoms with Gasteiger partial charge in [-0.1, -0.05) is 36.4 Å². The number of halogens is 3. The molecule has 37 heavy (non-hydrogen) atoms. The van der Waals surface area contributed by atoms with Crippen molar-refractivity contribution in [2.75, 3.05) is 18.4 Å². The van der Waals surface area contributed by atoms with E-state index in [0.717, 1.165) is 30.5 Å². The summed E-state index contributed by atoms with van der Waals surface area (Å²) in [6.07, 6.45) is -2.61. The van der Waals surface area contributed by atoms with Gasteiger partial charge >= 0.3 is 6.18 Å². The molecule has 0 saturated carbocycles.